The second-order valence-corrected chi connectivity index (χ2v) is 7.33. The number of morpholine rings is 1. The van der Waals surface area contributed by atoms with Crippen molar-refractivity contribution in [2.24, 2.45) is 4.99 Å². The van der Waals surface area contributed by atoms with Gasteiger partial charge in [-0.15, -0.1) is 24.0 Å². The Morgan fingerprint density at radius 1 is 1.31 bits per heavy atom. The van der Waals surface area contributed by atoms with Crippen LogP contribution in [-0.2, 0) is 11.3 Å². The van der Waals surface area contributed by atoms with E-state index < -0.39 is 0 Å². The fourth-order valence-electron chi connectivity index (χ4n) is 2.75. The molecule has 2 N–H and O–H groups in total. The molecule has 0 amide bonds. The van der Waals surface area contributed by atoms with Crippen LogP contribution in [0.4, 0.5) is 0 Å². The van der Waals surface area contributed by atoms with Crippen molar-refractivity contribution >= 4 is 29.9 Å². The summed E-state index contributed by atoms with van der Waals surface area (Å²) in [5.74, 6) is 1.95. The Labute approximate surface area is 174 Å². The first-order valence-electron chi connectivity index (χ1n) is 9.23. The lowest BCUT2D eigenvalue weighted by Crippen LogP contribution is -2.56. The quantitative estimate of drug-likeness (QED) is 0.356. The lowest BCUT2D eigenvalue weighted by molar-refractivity contribution is -0.00834. The summed E-state index contributed by atoms with van der Waals surface area (Å²) in [5, 5.41) is 10.8. The topological polar surface area (TPSA) is 74.9 Å². The molecular weight excluding hydrogens is 445 g/mol. The third kappa shape index (κ3) is 7.03. The molecule has 1 saturated heterocycles. The minimum absolute atomic E-state index is 0. The number of ether oxygens (including phenoxy) is 1. The Morgan fingerprint density at radius 2 is 2.00 bits per heavy atom. The first-order valence-corrected chi connectivity index (χ1v) is 9.23. The van der Waals surface area contributed by atoms with Gasteiger partial charge in [-0.2, -0.15) is 0 Å². The highest BCUT2D eigenvalue weighted by atomic mass is 127. The number of aromatic nitrogens is 1. The van der Waals surface area contributed by atoms with E-state index in [2.05, 4.69) is 60.3 Å². The van der Waals surface area contributed by atoms with Crippen molar-refractivity contribution in [2.75, 3.05) is 39.4 Å². The minimum atomic E-state index is 0. The van der Waals surface area contributed by atoms with Gasteiger partial charge in [-0.25, -0.2) is 4.99 Å². The fraction of sp³-hybridized carbons (Fsp3) is 0.778. The van der Waals surface area contributed by atoms with Crippen molar-refractivity contribution in [3.8, 4) is 0 Å². The summed E-state index contributed by atoms with van der Waals surface area (Å²) in [6.07, 6.45) is 0. The minimum Gasteiger partial charge on any atom is -0.379 e. The van der Waals surface area contributed by atoms with Gasteiger partial charge >= 0.3 is 0 Å². The van der Waals surface area contributed by atoms with Crippen molar-refractivity contribution in [1.82, 2.24) is 20.7 Å². The van der Waals surface area contributed by atoms with Gasteiger partial charge in [-0.05, 0) is 26.7 Å². The van der Waals surface area contributed by atoms with Crippen LogP contribution in [0.1, 0.15) is 52.0 Å². The van der Waals surface area contributed by atoms with Crippen LogP contribution in [0, 0.1) is 0 Å². The summed E-state index contributed by atoms with van der Waals surface area (Å²) in [4.78, 5) is 7.08. The highest BCUT2D eigenvalue weighted by Gasteiger charge is 2.28. The molecule has 2 rings (SSSR count). The van der Waals surface area contributed by atoms with E-state index in [1.807, 2.05) is 6.07 Å². The summed E-state index contributed by atoms with van der Waals surface area (Å²) in [6.45, 7) is 16.4. The van der Waals surface area contributed by atoms with E-state index in [1.165, 1.54) is 0 Å². The first-order chi connectivity index (χ1) is 11.9. The molecule has 0 spiro atoms. The van der Waals surface area contributed by atoms with E-state index in [0.29, 0.717) is 12.5 Å². The second kappa shape index (κ2) is 11.1. The van der Waals surface area contributed by atoms with Crippen molar-refractivity contribution in [3.05, 3.63) is 17.5 Å². The Balaban J connectivity index is 0.00000338. The number of aliphatic imine (C=N–C) groups is 1. The van der Waals surface area contributed by atoms with Gasteiger partial charge in [0.15, 0.2) is 11.7 Å². The molecule has 8 heteroatoms. The number of nitrogens with one attached hydrogen (secondary N) is 2. The van der Waals surface area contributed by atoms with Crippen LogP contribution >= 0.6 is 24.0 Å². The van der Waals surface area contributed by atoms with Gasteiger partial charge in [-0.1, -0.05) is 19.0 Å². The van der Waals surface area contributed by atoms with E-state index in [1.54, 1.807) is 0 Å². The monoisotopic (exact) mass is 479 g/mol. The Kier molecular flexibility index (Phi) is 9.88. The molecule has 0 unspecified atom stereocenters. The normalized spacial score (nSPS) is 16.5. The molecule has 0 aromatic carbocycles. The van der Waals surface area contributed by atoms with Gasteiger partial charge < -0.3 is 19.9 Å². The SMILES string of the molecule is CCNC(=NCc1cc(C(C)C)no1)NCC(C)(C)N1CCOCC1.I. The van der Waals surface area contributed by atoms with E-state index in [-0.39, 0.29) is 29.5 Å². The summed E-state index contributed by atoms with van der Waals surface area (Å²) >= 11 is 0. The number of hydrogen-bond acceptors (Lipinski definition) is 5. The maximum absolute atomic E-state index is 5.45. The Hall–Kier alpha value is -0.870. The molecule has 2 heterocycles. The van der Waals surface area contributed by atoms with Crippen LogP contribution in [0.3, 0.4) is 0 Å². The summed E-state index contributed by atoms with van der Waals surface area (Å²) in [5.41, 5.74) is 1.01. The molecule has 0 aliphatic carbocycles. The average Bonchev–Trinajstić information content (AvgIpc) is 3.07. The number of nitrogens with zero attached hydrogens (tertiary/aromatic N) is 3. The van der Waals surface area contributed by atoms with Crippen LogP contribution < -0.4 is 10.6 Å². The molecular formula is C18H34IN5O2. The van der Waals surface area contributed by atoms with Gasteiger partial charge in [0.1, 0.15) is 6.54 Å². The fourth-order valence-corrected chi connectivity index (χ4v) is 2.75. The third-order valence-electron chi connectivity index (χ3n) is 4.46. The molecule has 1 aliphatic rings. The average molecular weight is 479 g/mol. The molecule has 1 aromatic heterocycles. The lowest BCUT2D eigenvalue weighted by Gasteiger charge is -2.41. The van der Waals surface area contributed by atoms with Crippen molar-refractivity contribution < 1.29 is 9.26 Å². The van der Waals surface area contributed by atoms with Gasteiger partial charge in [-0.3, -0.25) is 4.90 Å². The van der Waals surface area contributed by atoms with Gasteiger partial charge in [0.25, 0.3) is 0 Å². The molecule has 1 aliphatic heterocycles. The number of guanidine groups is 1. The lowest BCUT2D eigenvalue weighted by atomic mass is 10.0. The van der Waals surface area contributed by atoms with Crippen LogP contribution in [0.5, 0.6) is 0 Å². The van der Waals surface area contributed by atoms with Gasteiger partial charge in [0.05, 0.1) is 18.9 Å². The molecule has 0 atom stereocenters. The van der Waals surface area contributed by atoms with Crippen LogP contribution in [0.15, 0.2) is 15.6 Å². The zero-order chi connectivity index (χ0) is 18.3. The summed E-state index contributed by atoms with van der Waals surface area (Å²) < 4.78 is 10.8. The molecule has 0 radical (unpaired) electrons. The van der Waals surface area contributed by atoms with E-state index >= 15 is 0 Å². The highest BCUT2D eigenvalue weighted by molar-refractivity contribution is 14.0. The Morgan fingerprint density at radius 3 is 2.58 bits per heavy atom. The highest BCUT2D eigenvalue weighted by Crippen LogP contribution is 2.16. The molecule has 7 nitrogen and oxygen atoms in total. The molecule has 1 aromatic rings. The number of rotatable bonds is 7. The van der Waals surface area contributed by atoms with Gasteiger partial charge in [0.2, 0.25) is 0 Å². The predicted octanol–water partition coefficient (Wildman–Crippen LogP) is 2.58. The maximum Gasteiger partial charge on any atom is 0.191 e. The molecule has 150 valence electrons. The van der Waals surface area contributed by atoms with Crippen molar-refractivity contribution in [3.63, 3.8) is 0 Å². The smallest absolute Gasteiger partial charge is 0.191 e. The number of hydrogen-bond donors (Lipinski definition) is 2. The van der Waals surface area contributed by atoms with Crippen molar-refractivity contribution in [1.29, 1.82) is 0 Å². The second-order valence-electron chi connectivity index (χ2n) is 7.33. The molecule has 0 bridgehead atoms. The van der Waals surface area contributed by atoms with Crippen LogP contribution in [0.25, 0.3) is 0 Å². The standard InChI is InChI=1S/C18H33N5O2.HI/c1-6-19-17(20-12-15-11-16(14(2)3)22-25-15)21-13-18(4,5)23-7-9-24-10-8-23;/h11,14H,6-10,12-13H2,1-5H3,(H2,19,20,21);1H. The van der Waals surface area contributed by atoms with E-state index in [9.17, 15) is 0 Å². The van der Waals surface area contributed by atoms with E-state index in [0.717, 1.165) is 56.8 Å². The molecule has 0 saturated carbocycles. The predicted molar refractivity (Wildman–Crippen MR) is 115 cm³/mol. The van der Waals surface area contributed by atoms with E-state index in [4.69, 9.17) is 9.26 Å². The zero-order valence-electron chi connectivity index (χ0n) is 16.7. The third-order valence-corrected chi connectivity index (χ3v) is 4.46. The summed E-state index contributed by atoms with van der Waals surface area (Å²) in [7, 11) is 0. The zero-order valence-corrected chi connectivity index (χ0v) is 19.0. The largest absolute Gasteiger partial charge is 0.379 e. The first kappa shape index (κ1) is 23.2. The Bertz CT molecular complexity index is 554. The van der Waals surface area contributed by atoms with Crippen LogP contribution in [-0.4, -0.2) is 60.9 Å². The maximum atomic E-state index is 5.45. The van der Waals surface area contributed by atoms with Gasteiger partial charge in [0, 0.05) is 37.8 Å². The molecule has 1 fully saturated rings. The summed E-state index contributed by atoms with van der Waals surface area (Å²) in [6, 6.07) is 1.98. The van der Waals surface area contributed by atoms with Crippen LogP contribution in [0.2, 0.25) is 0 Å². The number of halogens is 1. The van der Waals surface area contributed by atoms with Crippen molar-refractivity contribution in [2.45, 2.75) is 52.6 Å². The molecule has 26 heavy (non-hydrogen) atoms.